The Balaban J connectivity index is 1.80. The number of para-hydroxylation sites is 1. The molecule has 0 atom stereocenters. The number of carbonyl (C=O) groups excluding carboxylic acids is 1. The molecular weight excluding hydrogens is 356 g/mol. The van der Waals surface area contributed by atoms with Crippen LogP contribution >= 0.6 is 11.6 Å². The Morgan fingerprint density at radius 1 is 0.926 bits per heavy atom. The number of carbonyl (C=O) groups is 1. The molecule has 27 heavy (non-hydrogen) atoms. The van der Waals surface area contributed by atoms with Gasteiger partial charge in [0, 0.05) is 21.7 Å². The molecule has 4 heteroatoms. The molecule has 3 nitrogen and oxygen atoms in total. The molecule has 1 N–H and O–H groups in total. The molecule has 0 unspecified atom stereocenters. The number of hydrogen-bond acceptors (Lipinski definition) is 2. The van der Waals surface area contributed by atoms with Crippen LogP contribution in [0.3, 0.4) is 0 Å². The normalized spacial score (nSPS) is 10.7. The smallest absolute Gasteiger partial charge is 0.256 e. The number of pyridine rings is 1. The van der Waals surface area contributed by atoms with E-state index in [1.807, 2.05) is 67.6 Å². The van der Waals surface area contributed by atoms with Gasteiger partial charge in [-0.3, -0.25) is 4.79 Å². The first-order valence-electron chi connectivity index (χ1n) is 8.64. The standard InChI is InChI=1S/C23H17ClN2O/c1-15-9-11-16(12-10-15)22-14-20(19-7-2-3-8-21(19)26-22)23(27)25-18-6-4-5-17(24)13-18/h2-14H,1H3,(H,25,27). The van der Waals surface area contributed by atoms with Crippen molar-refractivity contribution in [1.82, 2.24) is 4.98 Å². The predicted molar refractivity (Wildman–Crippen MR) is 111 cm³/mol. The van der Waals surface area contributed by atoms with E-state index in [9.17, 15) is 4.79 Å². The Morgan fingerprint density at radius 2 is 1.70 bits per heavy atom. The maximum absolute atomic E-state index is 13.0. The lowest BCUT2D eigenvalue weighted by Gasteiger charge is -2.11. The number of benzene rings is 3. The zero-order valence-corrected chi connectivity index (χ0v) is 15.5. The zero-order valence-electron chi connectivity index (χ0n) is 14.7. The molecular formula is C23H17ClN2O. The molecule has 0 aliphatic carbocycles. The number of anilines is 1. The average Bonchev–Trinajstić information content (AvgIpc) is 2.67. The molecule has 0 spiro atoms. The van der Waals surface area contributed by atoms with Crippen molar-refractivity contribution in [1.29, 1.82) is 0 Å². The average molecular weight is 373 g/mol. The summed E-state index contributed by atoms with van der Waals surface area (Å²) >= 11 is 6.03. The molecule has 4 rings (SSSR count). The van der Waals surface area contributed by atoms with Crippen molar-refractivity contribution in [3.05, 3.63) is 95.0 Å². The van der Waals surface area contributed by atoms with Crippen molar-refractivity contribution in [3.63, 3.8) is 0 Å². The van der Waals surface area contributed by atoms with Crippen LogP contribution in [0.4, 0.5) is 5.69 Å². The number of aryl methyl sites for hydroxylation is 1. The van der Waals surface area contributed by atoms with E-state index in [0.717, 1.165) is 22.2 Å². The minimum absolute atomic E-state index is 0.191. The lowest BCUT2D eigenvalue weighted by Crippen LogP contribution is -2.13. The third-order valence-electron chi connectivity index (χ3n) is 4.39. The van der Waals surface area contributed by atoms with Gasteiger partial charge in [0.1, 0.15) is 0 Å². The van der Waals surface area contributed by atoms with E-state index in [2.05, 4.69) is 5.32 Å². The fourth-order valence-corrected chi connectivity index (χ4v) is 3.19. The number of fused-ring (bicyclic) bond motifs is 1. The number of nitrogens with zero attached hydrogens (tertiary/aromatic N) is 1. The largest absolute Gasteiger partial charge is 0.322 e. The number of rotatable bonds is 3. The van der Waals surface area contributed by atoms with E-state index in [1.54, 1.807) is 18.2 Å². The summed E-state index contributed by atoms with van der Waals surface area (Å²) in [6.45, 7) is 2.04. The van der Waals surface area contributed by atoms with Crippen LogP contribution < -0.4 is 5.32 Å². The lowest BCUT2D eigenvalue weighted by molar-refractivity contribution is 0.102. The van der Waals surface area contributed by atoms with Crippen LogP contribution in [-0.2, 0) is 0 Å². The topological polar surface area (TPSA) is 42.0 Å². The van der Waals surface area contributed by atoms with E-state index in [0.29, 0.717) is 16.3 Å². The molecule has 1 amide bonds. The van der Waals surface area contributed by atoms with E-state index >= 15 is 0 Å². The van der Waals surface area contributed by atoms with Gasteiger partial charge < -0.3 is 5.32 Å². The van der Waals surface area contributed by atoms with Crippen LogP contribution in [0.25, 0.3) is 22.2 Å². The second kappa shape index (κ2) is 7.22. The summed E-state index contributed by atoms with van der Waals surface area (Å²) in [5.41, 5.74) is 4.94. The van der Waals surface area contributed by atoms with E-state index in [-0.39, 0.29) is 5.91 Å². The van der Waals surface area contributed by atoms with Gasteiger partial charge in [0.05, 0.1) is 16.8 Å². The highest BCUT2D eigenvalue weighted by atomic mass is 35.5. The molecule has 132 valence electrons. The van der Waals surface area contributed by atoms with E-state index < -0.39 is 0 Å². The first-order chi connectivity index (χ1) is 13.1. The number of nitrogens with one attached hydrogen (secondary N) is 1. The maximum Gasteiger partial charge on any atom is 0.256 e. The van der Waals surface area contributed by atoms with E-state index in [1.165, 1.54) is 5.56 Å². The SMILES string of the molecule is Cc1ccc(-c2cc(C(=O)Nc3cccc(Cl)c3)c3ccccc3n2)cc1. The number of amides is 1. The van der Waals surface area contributed by atoms with Gasteiger partial charge in [-0.1, -0.05) is 65.7 Å². The molecule has 0 fully saturated rings. The van der Waals surface area contributed by atoms with Crippen molar-refractivity contribution in [3.8, 4) is 11.3 Å². The predicted octanol–water partition coefficient (Wildman–Crippen LogP) is 6.12. The van der Waals surface area contributed by atoms with Crippen molar-refractivity contribution in [2.45, 2.75) is 6.92 Å². The molecule has 0 radical (unpaired) electrons. The first-order valence-corrected chi connectivity index (χ1v) is 9.02. The maximum atomic E-state index is 13.0. The lowest BCUT2D eigenvalue weighted by atomic mass is 10.0. The van der Waals surface area contributed by atoms with Gasteiger partial charge in [0.25, 0.3) is 5.91 Å². The van der Waals surface area contributed by atoms with Crippen LogP contribution in [0.5, 0.6) is 0 Å². The molecule has 1 heterocycles. The highest BCUT2D eigenvalue weighted by molar-refractivity contribution is 6.31. The Bertz CT molecular complexity index is 1140. The molecule has 0 aliphatic heterocycles. The summed E-state index contributed by atoms with van der Waals surface area (Å²) in [4.78, 5) is 17.7. The minimum atomic E-state index is -0.191. The number of hydrogen-bond donors (Lipinski definition) is 1. The van der Waals surface area contributed by atoms with Gasteiger partial charge in [-0.25, -0.2) is 4.98 Å². The Morgan fingerprint density at radius 3 is 2.48 bits per heavy atom. The summed E-state index contributed by atoms with van der Waals surface area (Å²) in [7, 11) is 0. The highest BCUT2D eigenvalue weighted by Gasteiger charge is 2.14. The third-order valence-corrected chi connectivity index (χ3v) is 4.63. The highest BCUT2D eigenvalue weighted by Crippen LogP contribution is 2.26. The second-order valence-electron chi connectivity index (χ2n) is 6.40. The van der Waals surface area contributed by atoms with Crippen LogP contribution in [-0.4, -0.2) is 10.9 Å². The first kappa shape index (κ1) is 17.3. The summed E-state index contributed by atoms with van der Waals surface area (Å²) in [5, 5.41) is 4.32. The van der Waals surface area contributed by atoms with Gasteiger partial charge in [-0.15, -0.1) is 0 Å². The molecule has 0 aliphatic rings. The molecule has 4 aromatic rings. The number of aromatic nitrogens is 1. The van der Waals surface area contributed by atoms with Gasteiger partial charge in [-0.05, 0) is 37.3 Å². The van der Waals surface area contributed by atoms with Crippen molar-refractivity contribution in [2.24, 2.45) is 0 Å². The van der Waals surface area contributed by atoms with Gasteiger partial charge in [0.2, 0.25) is 0 Å². The fourth-order valence-electron chi connectivity index (χ4n) is 3.00. The number of halogens is 1. The van der Waals surface area contributed by atoms with Gasteiger partial charge in [0.15, 0.2) is 0 Å². The van der Waals surface area contributed by atoms with Crippen molar-refractivity contribution < 1.29 is 4.79 Å². The molecule has 0 saturated heterocycles. The summed E-state index contributed by atoms with van der Waals surface area (Å²) in [6.07, 6.45) is 0. The van der Waals surface area contributed by atoms with E-state index in [4.69, 9.17) is 16.6 Å². The molecule has 3 aromatic carbocycles. The van der Waals surface area contributed by atoms with Crippen molar-refractivity contribution in [2.75, 3.05) is 5.32 Å². The Kier molecular flexibility index (Phi) is 4.61. The zero-order chi connectivity index (χ0) is 18.8. The van der Waals surface area contributed by atoms with Crippen molar-refractivity contribution >= 4 is 34.1 Å². The Labute approximate surface area is 162 Å². The van der Waals surface area contributed by atoms with Gasteiger partial charge >= 0.3 is 0 Å². The van der Waals surface area contributed by atoms with Crippen LogP contribution in [0.1, 0.15) is 15.9 Å². The fraction of sp³-hybridized carbons (Fsp3) is 0.0435. The van der Waals surface area contributed by atoms with Crippen LogP contribution in [0.15, 0.2) is 78.9 Å². The summed E-state index contributed by atoms with van der Waals surface area (Å²) < 4.78 is 0. The monoisotopic (exact) mass is 372 g/mol. The third kappa shape index (κ3) is 3.69. The summed E-state index contributed by atoms with van der Waals surface area (Å²) in [5.74, 6) is -0.191. The van der Waals surface area contributed by atoms with Gasteiger partial charge in [-0.2, -0.15) is 0 Å². The van der Waals surface area contributed by atoms with Crippen LogP contribution in [0, 0.1) is 6.92 Å². The molecule has 0 bridgehead atoms. The summed E-state index contributed by atoms with van der Waals surface area (Å²) in [6, 6.07) is 24.7. The quantitative estimate of drug-likeness (QED) is 0.471. The molecule has 1 aromatic heterocycles. The second-order valence-corrected chi connectivity index (χ2v) is 6.84. The minimum Gasteiger partial charge on any atom is -0.322 e. The van der Waals surface area contributed by atoms with Crippen LogP contribution in [0.2, 0.25) is 5.02 Å². The molecule has 0 saturated carbocycles. The Hall–Kier alpha value is -3.17.